The lowest BCUT2D eigenvalue weighted by molar-refractivity contribution is -0.129. The number of carbonyl (C=O) groups is 2. The van der Waals surface area contributed by atoms with Crippen molar-refractivity contribution >= 4 is 45.8 Å². The van der Waals surface area contributed by atoms with Crippen LogP contribution in [0.2, 0.25) is 0 Å². The zero-order valence-corrected chi connectivity index (χ0v) is 17.8. The van der Waals surface area contributed by atoms with Gasteiger partial charge in [0, 0.05) is 27.4 Å². The fourth-order valence-corrected chi connectivity index (χ4v) is 5.90. The van der Waals surface area contributed by atoms with Crippen LogP contribution in [0.15, 0.2) is 34.3 Å². The Hall–Kier alpha value is -2.07. The molecule has 0 spiro atoms. The summed E-state index contributed by atoms with van der Waals surface area (Å²) in [7, 11) is 0. The number of thiazole rings is 1. The van der Waals surface area contributed by atoms with Crippen molar-refractivity contribution in [2.45, 2.75) is 25.8 Å². The number of carbonyl (C=O) groups excluding carboxylic acids is 2. The van der Waals surface area contributed by atoms with Gasteiger partial charge in [0.2, 0.25) is 5.91 Å². The number of nitrogens with one attached hydrogen (secondary N) is 2. The lowest BCUT2D eigenvalue weighted by Gasteiger charge is -2.34. The van der Waals surface area contributed by atoms with Crippen LogP contribution in [0, 0.1) is 6.92 Å². The van der Waals surface area contributed by atoms with Crippen molar-refractivity contribution in [3.05, 3.63) is 60.4 Å². The van der Waals surface area contributed by atoms with Crippen LogP contribution in [-0.2, 0) is 22.4 Å². The molecule has 4 rings (SSSR count). The highest BCUT2D eigenvalue weighted by Gasteiger charge is 2.31. The van der Waals surface area contributed by atoms with Crippen LogP contribution in [0.5, 0.6) is 0 Å². The molecule has 0 aromatic carbocycles. The van der Waals surface area contributed by atoms with Crippen molar-refractivity contribution in [1.29, 1.82) is 0 Å². The van der Waals surface area contributed by atoms with Crippen LogP contribution < -0.4 is 10.9 Å². The van der Waals surface area contributed by atoms with E-state index >= 15 is 0 Å². The number of hydrogen-bond donors (Lipinski definition) is 2. The van der Waals surface area contributed by atoms with Gasteiger partial charge in [0.1, 0.15) is 5.01 Å². The van der Waals surface area contributed by atoms with Gasteiger partial charge in [-0.1, -0.05) is 6.07 Å². The van der Waals surface area contributed by atoms with Crippen molar-refractivity contribution in [2.24, 2.45) is 0 Å². The number of nitrogens with zero attached hydrogens (tertiary/aromatic N) is 2. The number of aromatic nitrogens is 1. The van der Waals surface area contributed by atoms with Crippen molar-refractivity contribution in [2.75, 3.05) is 13.1 Å². The average molecular weight is 433 g/mol. The van der Waals surface area contributed by atoms with E-state index in [1.807, 2.05) is 18.4 Å². The van der Waals surface area contributed by atoms with Gasteiger partial charge in [-0.15, -0.1) is 34.0 Å². The summed E-state index contributed by atoms with van der Waals surface area (Å²) >= 11 is 4.93. The maximum atomic E-state index is 12.5. The molecule has 3 aromatic heterocycles. The highest BCUT2D eigenvalue weighted by atomic mass is 32.1. The molecule has 0 saturated carbocycles. The normalized spacial score (nSPS) is 16.5. The molecule has 9 heteroatoms. The van der Waals surface area contributed by atoms with Crippen LogP contribution >= 0.6 is 34.0 Å². The van der Waals surface area contributed by atoms with E-state index in [-0.39, 0.29) is 30.8 Å². The van der Waals surface area contributed by atoms with Gasteiger partial charge in [-0.25, -0.2) is 4.98 Å². The largest absolute Gasteiger partial charge is 0.282 e. The minimum absolute atomic E-state index is 0.0924. The Balaban J connectivity index is 1.36. The summed E-state index contributed by atoms with van der Waals surface area (Å²) in [4.78, 5) is 33.6. The number of amides is 2. The average Bonchev–Trinajstić information content (AvgIpc) is 3.42. The Kier molecular flexibility index (Phi) is 5.86. The summed E-state index contributed by atoms with van der Waals surface area (Å²) in [5.41, 5.74) is 7.23. The number of rotatable bonds is 5. The van der Waals surface area contributed by atoms with Gasteiger partial charge in [-0.2, -0.15) is 0 Å². The van der Waals surface area contributed by atoms with Crippen molar-refractivity contribution in [1.82, 2.24) is 20.7 Å². The van der Waals surface area contributed by atoms with Crippen LogP contribution in [0.4, 0.5) is 0 Å². The molecule has 0 aliphatic carbocycles. The second-order valence-electron chi connectivity index (χ2n) is 6.59. The third-order valence-electron chi connectivity index (χ3n) is 4.54. The van der Waals surface area contributed by atoms with E-state index in [9.17, 15) is 9.59 Å². The fourth-order valence-electron chi connectivity index (χ4n) is 3.35. The highest BCUT2D eigenvalue weighted by Crippen LogP contribution is 2.39. The molecule has 1 atom stereocenters. The molecule has 146 valence electrons. The van der Waals surface area contributed by atoms with Crippen molar-refractivity contribution in [3.63, 3.8) is 0 Å². The predicted octanol–water partition coefficient (Wildman–Crippen LogP) is 2.91. The summed E-state index contributed by atoms with van der Waals surface area (Å²) in [6, 6.07) is 6.41. The molecule has 0 saturated heterocycles. The van der Waals surface area contributed by atoms with E-state index in [4.69, 9.17) is 0 Å². The maximum Gasteiger partial charge on any atom is 0.252 e. The maximum absolute atomic E-state index is 12.5. The van der Waals surface area contributed by atoms with Crippen molar-refractivity contribution in [3.8, 4) is 0 Å². The molecule has 0 unspecified atom stereocenters. The van der Waals surface area contributed by atoms with Crippen LogP contribution in [0.1, 0.15) is 32.1 Å². The van der Waals surface area contributed by atoms with Gasteiger partial charge in [-0.05, 0) is 41.8 Å². The summed E-state index contributed by atoms with van der Waals surface area (Å²) in [6.07, 6.45) is 1.11. The van der Waals surface area contributed by atoms with E-state index < -0.39 is 0 Å². The van der Waals surface area contributed by atoms with E-state index in [1.165, 1.54) is 26.7 Å². The molecule has 6 nitrogen and oxygen atoms in total. The molecule has 3 aromatic rings. The SMILES string of the molecule is Cc1csc(CC(=O)NNC(=O)CN2CCc3sccc3[C@H]2c2cccs2)n1. The third-order valence-corrected chi connectivity index (χ3v) is 7.43. The third kappa shape index (κ3) is 4.33. The second-order valence-corrected chi connectivity index (χ2v) is 9.52. The summed E-state index contributed by atoms with van der Waals surface area (Å²) < 4.78 is 0. The lowest BCUT2D eigenvalue weighted by Crippen LogP contribution is -2.48. The van der Waals surface area contributed by atoms with Crippen LogP contribution in [-0.4, -0.2) is 34.8 Å². The van der Waals surface area contributed by atoms with Crippen LogP contribution in [0.3, 0.4) is 0 Å². The first-order chi connectivity index (χ1) is 13.6. The molecule has 2 amide bonds. The zero-order chi connectivity index (χ0) is 19.5. The topological polar surface area (TPSA) is 74.3 Å². The van der Waals surface area contributed by atoms with Crippen LogP contribution in [0.25, 0.3) is 0 Å². The Morgan fingerprint density at radius 3 is 2.79 bits per heavy atom. The van der Waals surface area contributed by atoms with Gasteiger partial charge in [0.25, 0.3) is 5.91 Å². The Morgan fingerprint density at radius 2 is 2.04 bits per heavy atom. The van der Waals surface area contributed by atoms with E-state index in [0.717, 1.165) is 23.7 Å². The van der Waals surface area contributed by atoms with E-state index in [1.54, 1.807) is 22.7 Å². The van der Waals surface area contributed by atoms with Gasteiger partial charge in [-0.3, -0.25) is 25.3 Å². The van der Waals surface area contributed by atoms with Gasteiger partial charge in [0.05, 0.1) is 19.0 Å². The monoisotopic (exact) mass is 432 g/mol. The molecule has 0 radical (unpaired) electrons. The van der Waals surface area contributed by atoms with E-state index in [2.05, 4.69) is 43.6 Å². The Labute approximate surface area is 175 Å². The number of hydrazine groups is 1. The minimum Gasteiger partial charge on any atom is -0.282 e. The number of fused-ring (bicyclic) bond motifs is 1. The molecule has 0 fully saturated rings. The van der Waals surface area contributed by atoms with Crippen molar-refractivity contribution < 1.29 is 9.59 Å². The zero-order valence-electron chi connectivity index (χ0n) is 15.3. The molecule has 28 heavy (non-hydrogen) atoms. The summed E-state index contributed by atoms with van der Waals surface area (Å²) in [6.45, 7) is 2.94. The summed E-state index contributed by atoms with van der Waals surface area (Å²) in [5.74, 6) is -0.486. The smallest absolute Gasteiger partial charge is 0.252 e. The minimum atomic E-state index is -0.267. The number of hydrogen-bond acceptors (Lipinski definition) is 7. The molecular formula is C19H20N4O2S3. The standard InChI is InChI=1S/C19H20N4O2S3/c1-12-11-28-18(20-12)9-16(24)21-22-17(25)10-23-6-4-14-13(5-8-27-14)19(23)15-3-2-7-26-15/h2-3,5,7-8,11,19H,4,6,9-10H2,1H3,(H,21,24)(H,22,25)/t19-/m0/s1. The second kappa shape index (κ2) is 8.52. The highest BCUT2D eigenvalue weighted by molar-refractivity contribution is 7.10. The quantitative estimate of drug-likeness (QED) is 0.608. The number of thiophene rings is 2. The first-order valence-corrected chi connectivity index (χ1v) is 11.6. The Morgan fingerprint density at radius 1 is 1.18 bits per heavy atom. The molecule has 0 bridgehead atoms. The first kappa shape index (κ1) is 19.3. The van der Waals surface area contributed by atoms with Gasteiger partial charge >= 0.3 is 0 Å². The van der Waals surface area contributed by atoms with Gasteiger partial charge in [0.15, 0.2) is 0 Å². The van der Waals surface area contributed by atoms with Gasteiger partial charge < -0.3 is 0 Å². The fraction of sp³-hybridized carbons (Fsp3) is 0.316. The Bertz CT molecular complexity index is 964. The predicted molar refractivity (Wildman–Crippen MR) is 113 cm³/mol. The molecule has 4 heterocycles. The molecule has 2 N–H and O–H groups in total. The first-order valence-electron chi connectivity index (χ1n) is 8.92. The van der Waals surface area contributed by atoms with E-state index in [0.29, 0.717) is 0 Å². The molecular weight excluding hydrogens is 412 g/mol. The molecule has 1 aliphatic rings. The number of aryl methyl sites for hydroxylation is 1. The molecule has 1 aliphatic heterocycles. The summed E-state index contributed by atoms with van der Waals surface area (Å²) in [5, 5.41) is 6.83. The lowest BCUT2D eigenvalue weighted by atomic mass is 9.98.